The average Bonchev–Trinajstić information content (AvgIpc) is 2.62. The Labute approximate surface area is 164 Å². The minimum atomic E-state index is -0.750. The zero-order valence-corrected chi connectivity index (χ0v) is 15.5. The van der Waals surface area contributed by atoms with E-state index in [9.17, 15) is 19.7 Å². The molecule has 0 saturated carbocycles. The molecular weight excluding hydrogens is 399 g/mol. The van der Waals surface area contributed by atoms with Crippen molar-refractivity contribution in [3.05, 3.63) is 62.1 Å². The number of carbonyl (C=O) groups is 2. The first kappa shape index (κ1) is 20.5. The SMILES string of the molecule is Cc1cc(OCC(=O)OCC(=O)Nc2ccc(Cl)c([N+](=O)[O-])c2)ccc1Cl. The van der Waals surface area contributed by atoms with E-state index in [0.717, 1.165) is 11.6 Å². The van der Waals surface area contributed by atoms with E-state index in [1.807, 2.05) is 0 Å². The molecule has 0 aliphatic carbocycles. The number of halogens is 2. The molecule has 2 aromatic rings. The lowest BCUT2D eigenvalue weighted by molar-refractivity contribution is -0.384. The maximum absolute atomic E-state index is 11.8. The predicted octanol–water partition coefficient (Wildman–Crippen LogP) is 3.77. The van der Waals surface area contributed by atoms with Crippen LogP contribution in [0.3, 0.4) is 0 Å². The number of ether oxygens (including phenoxy) is 2. The predicted molar refractivity (Wildman–Crippen MR) is 99.4 cm³/mol. The Bertz CT molecular complexity index is 888. The fourth-order valence-corrected chi connectivity index (χ4v) is 2.27. The third-order valence-electron chi connectivity index (χ3n) is 3.28. The summed E-state index contributed by atoms with van der Waals surface area (Å²) in [6.45, 7) is 0.831. The van der Waals surface area contributed by atoms with Crippen LogP contribution in [0.4, 0.5) is 11.4 Å². The molecule has 10 heteroatoms. The smallest absolute Gasteiger partial charge is 0.344 e. The number of anilines is 1. The van der Waals surface area contributed by atoms with E-state index in [2.05, 4.69) is 5.32 Å². The van der Waals surface area contributed by atoms with Gasteiger partial charge in [-0.2, -0.15) is 0 Å². The number of nitro benzene ring substituents is 1. The monoisotopic (exact) mass is 412 g/mol. The molecule has 142 valence electrons. The van der Waals surface area contributed by atoms with Gasteiger partial charge in [0.15, 0.2) is 13.2 Å². The molecule has 0 radical (unpaired) electrons. The Balaban J connectivity index is 1.81. The van der Waals surface area contributed by atoms with E-state index >= 15 is 0 Å². The number of rotatable bonds is 7. The molecule has 2 rings (SSSR count). The summed E-state index contributed by atoms with van der Waals surface area (Å²) in [5, 5.41) is 13.7. The van der Waals surface area contributed by atoms with Gasteiger partial charge in [0.05, 0.1) is 4.92 Å². The van der Waals surface area contributed by atoms with Crippen LogP contribution in [0.25, 0.3) is 0 Å². The Morgan fingerprint density at radius 2 is 1.81 bits per heavy atom. The van der Waals surface area contributed by atoms with E-state index in [4.69, 9.17) is 32.7 Å². The maximum atomic E-state index is 11.8. The second-order valence-corrected chi connectivity index (χ2v) is 6.15. The van der Waals surface area contributed by atoms with Gasteiger partial charge in [0.25, 0.3) is 11.6 Å². The number of benzene rings is 2. The quantitative estimate of drug-likeness (QED) is 0.421. The lowest BCUT2D eigenvalue weighted by atomic mass is 10.2. The van der Waals surface area contributed by atoms with Crippen LogP contribution in [-0.4, -0.2) is 30.0 Å². The van der Waals surface area contributed by atoms with Crippen molar-refractivity contribution in [1.82, 2.24) is 0 Å². The summed E-state index contributed by atoms with van der Waals surface area (Å²) in [6.07, 6.45) is 0. The highest BCUT2D eigenvalue weighted by Crippen LogP contribution is 2.27. The molecular formula is C17H14Cl2N2O6. The molecule has 27 heavy (non-hydrogen) atoms. The third-order valence-corrected chi connectivity index (χ3v) is 4.02. The number of nitrogens with one attached hydrogen (secondary N) is 1. The van der Waals surface area contributed by atoms with Crippen LogP contribution >= 0.6 is 23.2 Å². The molecule has 0 bridgehead atoms. The van der Waals surface area contributed by atoms with Crippen molar-refractivity contribution in [2.45, 2.75) is 6.92 Å². The number of aryl methyl sites for hydroxylation is 1. The number of carbonyl (C=O) groups excluding carboxylic acids is 2. The summed E-state index contributed by atoms with van der Waals surface area (Å²) < 4.78 is 10.0. The van der Waals surface area contributed by atoms with E-state index < -0.39 is 23.4 Å². The van der Waals surface area contributed by atoms with Crippen LogP contribution in [0, 0.1) is 17.0 Å². The summed E-state index contributed by atoms with van der Waals surface area (Å²) in [5.74, 6) is -0.978. The zero-order valence-electron chi connectivity index (χ0n) is 14.0. The summed E-state index contributed by atoms with van der Waals surface area (Å²) in [4.78, 5) is 33.6. The molecule has 0 fully saturated rings. The van der Waals surface area contributed by atoms with Crippen molar-refractivity contribution in [2.24, 2.45) is 0 Å². The molecule has 0 saturated heterocycles. The minimum Gasteiger partial charge on any atom is -0.482 e. The number of nitrogens with zero attached hydrogens (tertiary/aromatic N) is 1. The standard InChI is InChI=1S/C17H14Cl2N2O6/c1-10-6-12(3-5-13(10)18)26-9-17(23)27-8-16(22)20-11-2-4-14(19)15(7-11)21(24)25/h2-7H,8-9H2,1H3,(H,20,22). The average molecular weight is 413 g/mol. The van der Waals surface area contributed by atoms with Crippen LogP contribution < -0.4 is 10.1 Å². The van der Waals surface area contributed by atoms with E-state index in [-0.39, 0.29) is 23.0 Å². The Hall–Kier alpha value is -2.84. The van der Waals surface area contributed by atoms with Gasteiger partial charge in [-0.3, -0.25) is 14.9 Å². The minimum absolute atomic E-state index is 0.0565. The van der Waals surface area contributed by atoms with E-state index in [0.29, 0.717) is 10.8 Å². The topological polar surface area (TPSA) is 108 Å². The lowest BCUT2D eigenvalue weighted by Gasteiger charge is -2.09. The van der Waals surface area contributed by atoms with Gasteiger partial charge in [0.2, 0.25) is 0 Å². The molecule has 0 aliphatic rings. The highest BCUT2D eigenvalue weighted by atomic mass is 35.5. The number of esters is 1. The Morgan fingerprint density at radius 1 is 1.11 bits per heavy atom. The van der Waals surface area contributed by atoms with Crippen molar-refractivity contribution in [3.63, 3.8) is 0 Å². The van der Waals surface area contributed by atoms with Gasteiger partial charge in [-0.25, -0.2) is 4.79 Å². The first-order chi connectivity index (χ1) is 12.8. The van der Waals surface area contributed by atoms with Gasteiger partial charge in [-0.15, -0.1) is 0 Å². The summed E-state index contributed by atoms with van der Waals surface area (Å²) in [5.41, 5.74) is 0.595. The number of hydrogen-bond donors (Lipinski definition) is 1. The second kappa shape index (κ2) is 9.20. The molecule has 0 unspecified atom stereocenters. The summed E-state index contributed by atoms with van der Waals surface area (Å²) in [7, 11) is 0. The highest BCUT2D eigenvalue weighted by Gasteiger charge is 2.15. The van der Waals surface area contributed by atoms with Gasteiger partial charge >= 0.3 is 5.97 Å². The second-order valence-electron chi connectivity index (χ2n) is 5.33. The van der Waals surface area contributed by atoms with Crippen LogP contribution in [0.15, 0.2) is 36.4 Å². The van der Waals surface area contributed by atoms with Crippen molar-refractivity contribution in [2.75, 3.05) is 18.5 Å². The number of hydrogen-bond acceptors (Lipinski definition) is 6. The van der Waals surface area contributed by atoms with Crippen LogP contribution in [-0.2, 0) is 14.3 Å². The zero-order chi connectivity index (χ0) is 20.0. The van der Waals surface area contributed by atoms with Gasteiger partial charge in [-0.1, -0.05) is 23.2 Å². The van der Waals surface area contributed by atoms with Crippen molar-refractivity contribution in [3.8, 4) is 5.75 Å². The molecule has 0 heterocycles. The number of amides is 1. The van der Waals surface area contributed by atoms with E-state index in [1.165, 1.54) is 12.1 Å². The fraction of sp³-hybridized carbons (Fsp3) is 0.176. The molecule has 0 atom stereocenters. The maximum Gasteiger partial charge on any atom is 0.344 e. The third kappa shape index (κ3) is 6.12. The highest BCUT2D eigenvalue weighted by molar-refractivity contribution is 6.32. The van der Waals surface area contributed by atoms with Gasteiger partial charge in [-0.05, 0) is 42.8 Å². The van der Waals surface area contributed by atoms with Gasteiger partial charge < -0.3 is 14.8 Å². The molecule has 0 aromatic heterocycles. The summed E-state index contributed by atoms with van der Waals surface area (Å²) in [6, 6.07) is 8.67. The molecule has 8 nitrogen and oxygen atoms in total. The van der Waals surface area contributed by atoms with Crippen LogP contribution in [0.1, 0.15) is 5.56 Å². The normalized spacial score (nSPS) is 10.2. The molecule has 0 aliphatic heterocycles. The van der Waals surface area contributed by atoms with Crippen LogP contribution in [0.2, 0.25) is 10.0 Å². The Morgan fingerprint density at radius 3 is 2.48 bits per heavy atom. The fourth-order valence-electron chi connectivity index (χ4n) is 1.96. The lowest BCUT2D eigenvalue weighted by Crippen LogP contribution is -2.23. The van der Waals surface area contributed by atoms with E-state index in [1.54, 1.807) is 25.1 Å². The van der Waals surface area contributed by atoms with Crippen molar-refractivity contribution in [1.29, 1.82) is 0 Å². The first-order valence-electron chi connectivity index (χ1n) is 7.54. The van der Waals surface area contributed by atoms with Gasteiger partial charge in [0.1, 0.15) is 10.8 Å². The first-order valence-corrected chi connectivity index (χ1v) is 8.30. The molecule has 1 N–H and O–H groups in total. The van der Waals surface area contributed by atoms with Crippen molar-refractivity contribution >= 4 is 46.5 Å². The van der Waals surface area contributed by atoms with Crippen molar-refractivity contribution < 1.29 is 24.0 Å². The molecule has 2 aromatic carbocycles. The molecule has 1 amide bonds. The van der Waals surface area contributed by atoms with Crippen LogP contribution in [0.5, 0.6) is 5.75 Å². The Kier molecular flexibility index (Phi) is 6.98. The molecule has 0 spiro atoms. The summed E-state index contributed by atoms with van der Waals surface area (Å²) >= 11 is 11.6. The number of nitro groups is 1. The largest absolute Gasteiger partial charge is 0.482 e. The van der Waals surface area contributed by atoms with Gasteiger partial charge in [0, 0.05) is 16.8 Å².